The predicted molar refractivity (Wildman–Crippen MR) is 89.1 cm³/mol. The van der Waals surface area contributed by atoms with E-state index in [0.717, 1.165) is 39.0 Å². The topological polar surface area (TPSA) is 43.8 Å². The van der Waals surface area contributed by atoms with Crippen LogP contribution in [0.2, 0.25) is 0 Å². The molecule has 0 saturated carbocycles. The second kappa shape index (κ2) is 7.75. The lowest BCUT2D eigenvalue weighted by molar-refractivity contribution is -0.139. The fourth-order valence-corrected chi connectivity index (χ4v) is 3.28. The first-order valence-corrected chi connectivity index (χ1v) is 8.24. The van der Waals surface area contributed by atoms with Crippen molar-refractivity contribution >= 4 is 5.97 Å². The molecule has 1 fully saturated rings. The quantitative estimate of drug-likeness (QED) is 0.877. The summed E-state index contributed by atoms with van der Waals surface area (Å²) in [5, 5.41) is 8.99. The summed E-state index contributed by atoms with van der Waals surface area (Å²) in [6.07, 6.45) is 2.12. The van der Waals surface area contributed by atoms with E-state index in [-0.39, 0.29) is 6.54 Å². The lowest BCUT2D eigenvalue weighted by Crippen LogP contribution is -2.46. The second-order valence-corrected chi connectivity index (χ2v) is 6.38. The van der Waals surface area contributed by atoms with Gasteiger partial charge in [0.15, 0.2) is 0 Å². The van der Waals surface area contributed by atoms with E-state index in [9.17, 15) is 4.79 Å². The number of benzene rings is 1. The average Bonchev–Trinajstić information content (AvgIpc) is 2.49. The van der Waals surface area contributed by atoms with Crippen LogP contribution >= 0.6 is 0 Å². The Bertz CT molecular complexity index is 508. The van der Waals surface area contributed by atoms with Crippen molar-refractivity contribution in [1.29, 1.82) is 0 Å². The van der Waals surface area contributed by atoms with E-state index in [4.69, 9.17) is 5.11 Å². The molecule has 0 aromatic heterocycles. The van der Waals surface area contributed by atoms with Crippen LogP contribution in [0.5, 0.6) is 0 Å². The van der Waals surface area contributed by atoms with E-state index in [1.807, 2.05) is 6.92 Å². The first-order valence-electron chi connectivity index (χ1n) is 8.24. The van der Waals surface area contributed by atoms with Gasteiger partial charge in [0.1, 0.15) is 0 Å². The molecule has 0 amide bonds. The van der Waals surface area contributed by atoms with Crippen LogP contribution in [-0.2, 0) is 11.3 Å². The number of hydrogen-bond donors (Lipinski definition) is 1. The molecule has 122 valence electrons. The minimum Gasteiger partial charge on any atom is -0.480 e. The standard InChI is InChI=1S/C18H28N2O2/c1-4-20(13-18(21)22)17-7-9-19(10-8-17)12-16-6-5-14(2)15(3)11-16/h5-6,11,17H,4,7-10,12-13H2,1-3H3,(H,21,22). The highest BCUT2D eigenvalue weighted by Gasteiger charge is 2.24. The summed E-state index contributed by atoms with van der Waals surface area (Å²) < 4.78 is 0. The summed E-state index contributed by atoms with van der Waals surface area (Å²) in [5.41, 5.74) is 4.07. The highest BCUT2D eigenvalue weighted by atomic mass is 16.4. The van der Waals surface area contributed by atoms with Crippen LogP contribution in [0, 0.1) is 13.8 Å². The third-order valence-electron chi connectivity index (χ3n) is 4.80. The molecule has 1 aliphatic heterocycles. The number of aliphatic carboxylic acids is 1. The molecule has 0 spiro atoms. The zero-order chi connectivity index (χ0) is 16.1. The molecule has 4 nitrogen and oxygen atoms in total. The van der Waals surface area contributed by atoms with Gasteiger partial charge >= 0.3 is 5.97 Å². The Morgan fingerprint density at radius 3 is 2.50 bits per heavy atom. The monoisotopic (exact) mass is 304 g/mol. The number of likely N-dealkylation sites (N-methyl/N-ethyl adjacent to an activating group) is 1. The Hall–Kier alpha value is -1.39. The van der Waals surface area contributed by atoms with Crippen molar-refractivity contribution in [2.24, 2.45) is 0 Å². The van der Waals surface area contributed by atoms with Gasteiger partial charge in [-0.1, -0.05) is 25.1 Å². The molecular formula is C18H28N2O2. The van der Waals surface area contributed by atoms with E-state index >= 15 is 0 Å². The third-order valence-corrected chi connectivity index (χ3v) is 4.80. The molecule has 4 heteroatoms. The molecule has 1 N–H and O–H groups in total. The highest BCUT2D eigenvalue weighted by molar-refractivity contribution is 5.69. The van der Waals surface area contributed by atoms with Crippen LogP contribution < -0.4 is 0 Å². The minimum atomic E-state index is -0.723. The van der Waals surface area contributed by atoms with Crippen molar-refractivity contribution in [3.8, 4) is 0 Å². The number of piperidine rings is 1. The molecule has 1 aliphatic rings. The van der Waals surface area contributed by atoms with Gasteiger partial charge < -0.3 is 5.11 Å². The molecule has 1 aromatic rings. The number of likely N-dealkylation sites (tertiary alicyclic amines) is 1. The molecule has 0 unspecified atom stereocenters. The smallest absolute Gasteiger partial charge is 0.317 e. The molecule has 0 bridgehead atoms. The van der Waals surface area contributed by atoms with Crippen molar-refractivity contribution in [3.05, 3.63) is 34.9 Å². The summed E-state index contributed by atoms with van der Waals surface area (Å²) in [7, 11) is 0. The molecule has 1 heterocycles. The lowest BCUT2D eigenvalue weighted by atomic mass is 10.0. The van der Waals surface area contributed by atoms with E-state index in [1.54, 1.807) is 0 Å². The van der Waals surface area contributed by atoms with Crippen molar-refractivity contribution in [2.75, 3.05) is 26.2 Å². The highest BCUT2D eigenvalue weighted by Crippen LogP contribution is 2.19. The van der Waals surface area contributed by atoms with E-state index in [1.165, 1.54) is 16.7 Å². The molecule has 1 saturated heterocycles. The zero-order valence-electron chi connectivity index (χ0n) is 14.0. The predicted octanol–water partition coefficient (Wildman–Crippen LogP) is 2.67. The summed E-state index contributed by atoms with van der Waals surface area (Å²) in [6, 6.07) is 7.11. The lowest BCUT2D eigenvalue weighted by Gasteiger charge is -2.37. The van der Waals surface area contributed by atoms with Gasteiger partial charge in [-0.2, -0.15) is 0 Å². The number of carboxylic acid groups (broad SMARTS) is 1. The van der Waals surface area contributed by atoms with Gasteiger partial charge in [0.25, 0.3) is 0 Å². The summed E-state index contributed by atoms with van der Waals surface area (Å²) >= 11 is 0. The Kier molecular flexibility index (Phi) is 5.98. The first-order chi connectivity index (χ1) is 10.5. The van der Waals surface area contributed by atoms with E-state index in [0.29, 0.717) is 6.04 Å². The summed E-state index contributed by atoms with van der Waals surface area (Å²) in [5.74, 6) is -0.723. The average molecular weight is 304 g/mol. The van der Waals surface area contributed by atoms with Gasteiger partial charge in [0, 0.05) is 12.6 Å². The second-order valence-electron chi connectivity index (χ2n) is 6.38. The first kappa shape index (κ1) is 17.0. The number of nitrogens with zero attached hydrogens (tertiary/aromatic N) is 2. The molecule has 0 atom stereocenters. The largest absolute Gasteiger partial charge is 0.480 e. The Morgan fingerprint density at radius 2 is 1.95 bits per heavy atom. The maximum absolute atomic E-state index is 10.9. The molecule has 22 heavy (non-hydrogen) atoms. The number of rotatable bonds is 6. The van der Waals surface area contributed by atoms with E-state index < -0.39 is 5.97 Å². The van der Waals surface area contributed by atoms with Gasteiger partial charge in [-0.25, -0.2) is 0 Å². The summed E-state index contributed by atoms with van der Waals surface area (Å²) in [4.78, 5) is 15.5. The molecule has 1 aromatic carbocycles. The van der Waals surface area contributed by atoms with Crippen molar-refractivity contribution in [3.63, 3.8) is 0 Å². The van der Waals surface area contributed by atoms with Gasteiger partial charge in [-0.05, 0) is 63.0 Å². The third kappa shape index (κ3) is 4.55. The summed E-state index contributed by atoms with van der Waals surface area (Å²) in [6.45, 7) is 10.4. The number of hydrogen-bond acceptors (Lipinski definition) is 3. The van der Waals surface area contributed by atoms with Crippen LogP contribution in [0.25, 0.3) is 0 Å². The molecule has 0 aliphatic carbocycles. The maximum Gasteiger partial charge on any atom is 0.317 e. The Morgan fingerprint density at radius 1 is 1.27 bits per heavy atom. The Balaban J connectivity index is 1.86. The fourth-order valence-electron chi connectivity index (χ4n) is 3.28. The molecule has 0 radical (unpaired) electrons. The van der Waals surface area contributed by atoms with Crippen molar-refractivity contribution in [1.82, 2.24) is 9.80 Å². The number of aryl methyl sites for hydroxylation is 2. The van der Waals surface area contributed by atoms with Gasteiger partial charge in [-0.3, -0.25) is 14.6 Å². The van der Waals surface area contributed by atoms with Gasteiger partial charge in [0.2, 0.25) is 0 Å². The molecule has 2 rings (SSSR count). The zero-order valence-corrected chi connectivity index (χ0v) is 14.0. The van der Waals surface area contributed by atoms with Crippen LogP contribution in [0.15, 0.2) is 18.2 Å². The SMILES string of the molecule is CCN(CC(=O)O)C1CCN(Cc2ccc(C)c(C)c2)CC1. The molecular weight excluding hydrogens is 276 g/mol. The van der Waals surface area contributed by atoms with Gasteiger partial charge in [-0.15, -0.1) is 0 Å². The maximum atomic E-state index is 10.9. The number of carbonyl (C=O) groups is 1. The van der Waals surface area contributed by atoms with E-state index in [2.05, 4.69) is 41.8 Å². The Labute approximate surface area is 133 Å². The van der Waals surface area contributed by atoms with Gasteiger partial charge in [0.05, 0.1) is 6.54 Å². The van der Waals surface area contributed by atoms with Crippen LogP contribution in [0.1, 0.15) is 36.5 Å². The van der Waals surface area contributed by atoms with Crippen molar-refractivity contribution in [2.45, 2.75) is 46.2 Å². The number of carboxylic acids is 1. The van der Waals surface area contributed by atoms with Crippen LogP contribution in [0.3, 0.4) is 0 Å². The van der Waals surface area contributed by atoms with Crippen LogP contribution in [0.4, 0.5) is 0 Å². The van der Waals surface area contributed by atoms with Crippen LogP contribution in [-0.4, -0.2) is 53.1 Å². The fraction of sp³-hybridized carbons (Fsp3) is 0.611. The normalized spacial score (nSPS) is 17.1. The minimum absolute atomic E-state index is 0.165. The van der Waals surface area contributed by atoms with Crippen molar-refractivity contribution < 1.29 is 9.90 Å².